The fourth-order valence-corrected chi connectivity index (χ4v) is 2.00. The Morgan fingerprint density at radius 1 is 1.36 bits per heavy atom. The second kappa shape index (κ2) is 8.84. The zero-order valence-corrected chi connectivity index (χ0v) is 14.1. The van der Waals surface area contributed by atoms with Gasteiger partial charge in [0.2, 0.25) is 0 Å². The van der Waals surface area contributed by atoms with E-state index in [4.69, 9.17) is 0 Å². The molecular formula is C13H15N2NaO6. The molecule has 0 amide bonds. The molecule has 8 nitrogen and oxygen atoms in total. The first-order valence-corrected chi connectivity index (χ1v) is 6.42. The van der Waals surface area contributed by atoms with Crippen molar-refractivity contribution in [1.82, 2.24) is 5.32 Å². The van der Waals surface area contributed by atoms with Gasteiger partial charge in [-0.15, -0.1) is 0 Å². The summed E-state index contributed by atoms with van der Waals surface area (Å²) in [5, 5.41) is 13.8. The minimum Gasteiger partial charge on any atom is -1.00 e. The molecule has 0 aromatic heterocycles. The van der Waals surface area contributed by atoms with E-state index in [0.717, 1.165) is 6.42 Å². The third-order valence-corrected chi connectivity index (χ3v) is 3.01. The number of rotatable bonds is 4. The van der Waals surface area contributed by atoms with Gasteiger partial charge >= 0.3 is 47.9 Å². The van der Waals surface area contributed by atoms with Crippen molar-refractivity contribution in [2.75, 3.05) is 6.54 Å². The maximum absolute atomic E-state index is 11.6. The van der Waals surface area contributed by atoms with Gasteiger partial charge in [-0.25, -0.2) is 9.59 Å². The number of nitrogens with zero attached hydrogens (tertiary/aromatic N) is 1. The van der Waals surface area contributed by atoms with Gasteiger partial charge in [0.1, 0.15) is 6.04 Å². The summed E-state index contributed by atoms with van der Waals surface area (Å²) >= 11 is 0. The largest absolute Gasteiger partial charge is 1.00 e. The number of benzene rings is 1. The summed E-state index contributed by atoms with van der Waals surface area (Å²) in [6.07, 6.45) is -1.72. The van der Waals surface area contributed by atoms with E-state index in [1.54, 1.807) is 18.2 Å². The average molecular weight is 318 g/mol. The SMILES string of the molecule is O=C(OC(=O)[C@@H]1CCCN1)OC(c1ccccc1)[N+](=O)[O-].[H-].[Na+]. The van der Waals surface area contributed by atoms with Crippen molar-refractivity contribution < 1.29 is 55.0 Å². The fourth-order valence-electron chi connectivity index (χ4n) is 2.00. The Kier molecular flexibility index (Phi) is 7.46. The van der Waals surface area contributed by atoms with E-state index in [9.17, 15) is 19.7 Å². The summed E-state index contributed by atoms with van der Waals surface area (Å²) in [7, 11) is 0. The predicted molar refractivity (Wildman–Crippen MR) is 70.9 cm³/mol. The Balaban J connectivity index is 0.00000242. The Morgan fingerprint density at radius 2 is 2.05 bits per heavy atom. The first kappa shape index (κ1) is 18.6. The van der Waals surface area contributed by atoms with Crippen LogP contribution in [0, 0.1) is 10.1 Å². The molecule has 2 rings (SSSR count). The van der Waals surface area contributed by atoms with E-state index in [2.05, 4.69) is 14.8 Å². The normalized spacial score (nSPS) is 17.9. The molecule has 1 aromatic rings. The molecule has 1 aromatic carbocycles. The van der Waals surface area contributed by atoms with Crippen molar-refractivity contribution in [2.24, 2.45) is 0 Å². The van der Waals surface area contributed by atoms with Gasteiger partial charge in [0, 0.05) is 0 Å². The molecule has 0 bridgehead atoms. The van der Waals surface area contributed by atoms with Gasteiger partial charge in [-0.1, -0.05) is 18.2 Å². The van der Waals surface area contributed by atoms with Crippen LogP contribution in [-0.2, 0) is 14.3 Å². The van der Waals surface area contributed by atoms with Crippen molar-refractivity contribution in [3.05, 3.63) is 46.0 Å². The summed E-state index contributed by atoms with van der Waals surface area (Å²) in [6.45, 7) is 0.663. The van der Waals surface area contributed by atoms with Gasteiger partial charge < -0.3 is 16.2 Å². The van der Waals surface area contributed by atoms with Crippen molar-refractivity contribution in [1.29, 1.82) is 0 Å². The van der Waals surface area contributed by atoms with E-state index in [1.165, 1.54) is 12.1 Å². The number of nitro groups is 1. The Morgan fingerprint density at radius 3 is 2.59 bits per heavy atom. The second-order valence-corrected chi connectivity index (χ2v) is 4.49. The van der Waals surface area contributed by atoms with Crippen LogP contribution in [-0.4, -0.2) is 29.6 Å². The maximum Gasteiger partial charge on any atom is 1.00 e. The van der Waals surface area contributed by atoms with Crippen molar-refractivity contribution in [3.8, 4) is 0 Å². The summed E-state index contributed by atoms with van der Waals surface area (Å²) in [6, 6.07) is 7.15. The minimum absolute atomic E-state index is 0. The molecule has 1 aliphatic heterocycles. The fraction of sp³-hybridized carbons (Fsp3) is 0.385. The summed E-state index contributed by atoms with van der Waals surface area (Å²) in [4.78, 5) is 33.3. The van der Waals surface area contributed by atoms with Crippen LogP contribution >= 0.6 is 0 Å². The zero-order valence-electron chi connectivity index (χ0n) is 13.1. The van der Waals surface area contributed by atoms with Gasteiger partial charge in [0.25, 0.3) is 0 Å². The third-order valence-electron chi connectivity index (χ3n) is 3.01. The standard InChI is InChI=1S/C13H14N2O6.Na.H/c16-12(10-7-4-8-14-10)21-13(17)20-11(15(18)19)9-5-2-1-3-6-9;;/h1-3,5-6,10-11,14H,4,7-8H2;;/q;+1;-1/t10-,11?;;/m0../s1. The van der Waals surface area contributed by atoms with Gasteiger partial charge in [0.15, 0.2) is 0 Å². The average Bonchev–Trinajstić information content (AvgIpc) is 2.99. The molecule has 22 heavy (non-hydrogen) atoms. The molecule has 1 unspecified atom stereocenters. The molecule has 114 valence electrons. The molecule has 1 N–H and O–H groups in total. The number of hydrogen-bond acceptors (Lipinski definition) is 7. The van der Waals surface area contributed by atoms with E-state index < -0.39 is 29.3 Å². The Bertz CT molecular complexity index is 539. The van der Waals surface area contributed by atoms with E-state index >= 15 is 0 Å². The van der Waals surface area contributed by atoms with Crippen molar-refractivity contribution >= 4 is 12.1 Å². The molecular weight excluding hydrogens is 303 g/mol. The van der Waals surface area contributed by atoms with Crippen LogP contribution in [0.15, 0.2) is 30.3 Å². The number of carbonyl (C=O) groups is 2. The van der Waals surface area contributed by atoms with Crippen LogP contribution in [0.5, 0.6) is 0 Å². The third kappa shape index (κ3) is 5.06. The first-order valence-electron chi connectivity index (χ1n) is 6.42. The minimum atomic E-state index is -1.71. The van der Waals surface area contributed by atoms with Gasteiger partial charge in [-0.3, -0.25) is 10.1 Å². The second-order valence-electron chi connectivity index (χ2n) is 4.49. The quantitative estimate of drug-likeness (QED) is 0.180. The van der Waals surface area contributed by atoms with Gasteiger partial charge in [-0.2, -0.15) is 0 Å². The summed E-state index contributed by atoms with van der Waals surface area (Å²) in [5.74, 6) is -0.785. The molecule has 0 spiro atoms. The number of ether oxygens (including phenoxy) is 2. The topological polar surface area (TPSA) is 108 Å². The van der Waals surface area contributed by atoms with Crippen LogP contribution in [0.4, 0.5) is 4.79 Å². The predicted octanol–water partition coefficient (Wildman–Crippen LogP) is -1.49. The maximum atomic E-state index is 11.6. The van der Waals surface area contributed by atoms with E-state index in [0.29, 0.717) is 13.0 Å². The number of carbonyl (C=O) groups excluding carboxylic acids is 2. The van der Waals surface area contributed by atoms with Gasteiger partial charge in [0.05, 0.1) is 10.5 Å². The number of nitrogens with one attached hydrogen (secondary N) is 1. The molecule has 0 aliphatic carbocycles. The molecule has 1 aliphatic rings. The first-order chi connectivity index (χ1) is 10.1. The van der Waals surface area contributed by atoms with Crippen LogP contribution in [0.3, 0.4) is 0 Å². The number of hydrogen-bond donors (Lipinski definition) is 1. The van der Waals surface area contributed by atoms with E-state index in [-0.39, 0.29) is 36.5 Å². The molecule has 1 heterocycles. The molecule has 0 radical (unpaired) electrons. The Labute approximate surface area is 150 Å². The summed E-state index contributed by atoms with van der Waals surface area (Å²) in [5.41, 5.74) is 0.186. The molecule has 9 heteroatoms. The van der Waals surface area contributed by atoms with Crippen LogP contribution in [0.1, 0.15) is 26.1 Å². The van der Waals surface area contributed by atoms with Crippen molar-refractivity contribution in [3.63, 3.8) is 0 Å². The monoisotopic (exact) mass is 318 g/mol. The van der Waals surface area contributed by atoms with Crippen LogP contribution in [0.2, 0.25) is 0 Å². The van der Waals surface area contributed by atoms with E-state index in [1.807, 2.05) is 0 Å². The zero-order chi connectivity index (χ0) is 15.2. The number of esters is 1. The Hall–Kier alpha value is -1.48. The smallest absolute Gasteiger partial charge is 1.00 e. The molecule has 1 fully saturated rings. The van der Waals surface area contributed by atoms with Crippen LogP contribution in [0.25, 0.3) is 0 Å². The van der Waals surface area contributed by atoms with Crippen molar-refractivity contribution in [2.45, 2.75) is 25.1 Å². The molecule has 0 saturated carbocycles. The van der Waals surface area contributed by atoms with Gasteiger partial charge in [-0.05, 0) is 31.5 Å². The van der Waals surface area contributed by atoms with Crippen LogP contribution < -0.4 is 34.9 Å². The molecule has 1 saturated heterocycles. The molecule has 2 atom stereocenters. The summed E-state index contributed by atoms with van der Waals surface area (Å²) < 4.78 is 9.09.